The zero-order chi connectivity index (χ0) is 15.0. The van der Waals surface area contributed by atoms with Crippen LogP contribution in [0.25, 0.3) is 0 Å². The van der Waals surface area contributed by atoms with Crippen LogP contribution in [0.2, 0.25) is 0 Å². The van der Waals surface area contributed by atoms with E-state index in [-0.39, 0.29) is 11.8 Å². The highest BCUT2D eigenvalue weighted by atomic mass is 32.2. The summed E-state index contributed by atoms with van der Waals surface area (Å²) in [6, 6.07) is 10.6. The molecule has 1 aliphatic heterocycles. The second kappa shape index (κ2) is 5.04. The standard InChI is InChI=1S/C15H14FNO3S/c1-20-14-8-10(16)6-7-12(14)17-13-9-21(18,19)15-5-3-2-4-11(13)15/h2-8,13,17H,9H2,1H3. The Morgan fingerprint density at radius 1 is 1.24 bits per heavy atom. The second-order valence-electron chi connectivity index (χ2n) is 4.86. The lowest BCUT2D eigenvalue weighted by molar-refractivity contribution is 0.412. The quantitative estimate of drug-likeness (QED) is 0.947. The average molecular weight is 307 g/mol. The van der Waals surface area contributed by atoms with Gasteiger partial charge in [-0.15, -0.1) is 0 Å². The molecule has 0 aliphatic carbocycles. The van der Waals surface area contributed by atoms with Gasteiger partial charge in [-0.1, -0.05) is 18.2 Å². The Balaban J connectivity index is 1.98. The minimum absolute atomic E-state index is 0.0210. The van der Waals surface area contributed by atoms with E-state index in [4.69, 9.17) is 4.74 Å². The van der Waals surface area contributed by atoms with Crippen molar-refractivity contribution < 1.29 is 17.5 Å². The molecule has 21 heavy (non-hydrogen) atoms. The summed E-state index contributed by atoms with van der Waals surface area (Å²) in [4.78, 5) is 0.351. The molecule has 0 aromatic heterocycles. The third kappa shape index (κ3) is 2.47. The number of hydrogen-bond donors (Lipinski definition) is 1. The first kappa shape index (κ1) is 13.9. The fraction of sp³-hybridized carbons (Fsp3) is 0.200. The third-order valence-corrected chi connectivity index (χ3v) is 5.32. The van der Waals surface area contributed by atoms with E-state index in [0.29, 0.717) is 16.3 Å². The van der Waals surface area contributed by atoms with Crippen LogP contribution >= 0.6 is 0 Å². The summed E-state index contributed by atoms with van der Waals surface area (Å²) in [6.45, 7) is 0. The number of sulfone groups is 1. The molecular formula is C15H14FNO3S. The van der Waals surface area contributed by atoms with E-state index in [9.17, 15) is 12.8 Å². The molecule has 1 N–H and O–H groups in total. The number of hydrogen-bond acceptors (Lipinski definition) is 4. The zero-order valence-corrected chi connectivity index (χ0v) is 12.2. The predicted molar refractivity (Wildman–Crippen MR) is 77.8 cm³/mol. The molecule has 0 bridgehead atoms. The molecule has 4 nitrogen and oxygen atoms in total. The minimum Gasteiger partial charge on any atom is -0.494 e. The van der Waals surface area contributed by atoms with Crippen LogP contribution < -0.4 is 10.1 Å². The Labute approximate surface area is 122 Å². The molecular weight excluding hydrogens is 293 g/mol. The van der Waals surface area contributed by atoms with Gasteiger partial charge in [0.15, 0.2) is 9.84 Å². The van der Waals surface area contributed by atoms with Crippen LogP contribution in [0.5, 0.6) is 5.75 Å². The highest BCUT2D eigenvalue weighted by Crippen LogP contribution is 2.37. The molecule has 0 saturated carbocycles. The molecule has 1 heterocycles. The van der Waals surface area contributed by atoms with Gasteiger partial charge in [0.25, 0.3) is 0 Å². The van der Waals surface area contributed by atoms with E-state index in [1.165, 1.54) is 19.2 Å². The summed E-state index contributed by atoms with van der Waals surface area (Å²) >= 11 is 0. The van der Waals surface area contributed by atoms with E-state index in [1.54, 1.807) is 30.3 Å². The number of ether oxygens (including phenoxy) is 1. The summed E-state index contributed by atoms with van der Waals surface area (Å²) in [5.41, 5.74) is 1.29. The summed E-state index contributed by atoms with van der Waals surface area (Å²) in [5, 5.41) is 3.13. The number of benzene rings is 2. The van der Waals surface area contributed by atoms with Crippen LogP contribution in [0.3, 0.4) is 0 Å². The van der Waals surface area contributed by atoms with Gasteiger partial charge in [0.1, 0.15) is 11.6 Å². The molecule has 0 amide bonds. The van der Waals surface area contributed by atoms with Crippen molar-refractivity contribution in [2.75, 3.05) is 18.2 Å². The van der Waals surface area contributed by atoms with E-state index in [2.05, 4.69) is 5.32 Å². The lowest BCUT2D eigenvalue weighted by Gasteiger charge is -2.16. The summed E-state index contributed by atoms with van der Waals surface area (Å²) in [6.07, 6.45) is 0. The Hall–Kier alpha value is -2.08. The molecule has 1 unspecified atom stereocenters. The van der Waals surface area contributed by atoms with Crippen molar-refractivity contribution in [3.05, 3.63) is 53.8 Å². The van der Waals surface area contributed by atoms with E-state index >= 15 is 0 Å². The average Bonchev–Trinajstić information content (AvgIpc) is 2.73. The molecule has 1 atom stereocenters. The molecule has 2 aromatic rings. The fourth-order valence-electron chi connectivity index (χ4n) is 2.54. The van der Waals surface area contributed by atoms with Gasteiger partial charge >= 0.3 is 0 Å². The molecule has 0 saturated heterocycles. The Bertz CT molecular complexity index is 789. The number of fused-ring (bicyclic) bond motifs is 1. The Kier molecular flexibility index (Phi) is 3.33. The van der Waals surface area contributed by atoms with E-state index in [1.807, 2.05) is 0 Å². The maximum Gasteiger partial charge on any atom is 0.181 e. The fourth-order valence-corrected chi connectivity index (χ4v) is 4.28. The van der Waals surface area contributed by atoms with Crippen molar-refractivity contribution >= 4 is 15.5 Å². The second-order valence-corrected chi connectivity index (χ2v) is 6.86. The van der Waals surface area contributed by atoms with Gasteiger partial charge < -0.3 is 10.1 Å². The van der Waals surface area contributed by atoms with Gasteiger partial charge in [-0.25, -0.2) is 12.8 Å². The van der Waals surface area contributed by atoms with Crippen LogP contribution in [0.1, 0.15) is 11.6 Å². The summed E-state index contributed by atoms with van der Waals surface area (Å²) < 4.78 is 42.6. The van der Waals surface area contributed by atoms with Crippen molar-refractivity contribution in [1.82, 2.24) is 0 Å². The number of methoxy groups -OCH3 is 1. The molecule has 0 fully saturated rings. The van der Waals surface area contributed by atoms with Gasteiger partial charge in [-0.2, -0.15) is 0 Å². The number of nitrogens with one attached hydrogen (secondary N) is 1. The van der Waals surface area contributed by atoms with Crippen LogP contribution in [0, 0.1) is 5.82 Å². The van der Waals surface area contributed by atoms with E-state index in [0.717, 1.165) is 5.56 Å². The lowest BCUT2D eigenvalue weighted by Crippen LogP contribution is -2.13. The normalized spacial score (nSPS) is 19.0. The van der Waals surface area contributed by atoms with Gasteiger partial charge in [-0.3, -0.25) is 0 Å². The number of anilines is 1. The topological polar surface area (TPSA) is 55.4 Å². The van der Waals surface area contributed by atoms with Gasteiger partial charge in [0.05, 0.1) is 29.5 Å². The SMILES string of the molecule is COc1cc(F)ccc1NC1CS(=O)(=O)c2ccccc21. The van der Waals surface area contributed by atoms with Crippen LogP contribution in [0.15, 0.2) is 47.4 Å². The molecule has 3 rings (SSSR count). The first-order valence-electron chi connectivity index (χ1n) is 6.43. The zero-order valence-electron chi connectivity index (χ0n) is 11.3. The van der Waals surface area contributed by atoms with Crippen molar-refractivity contribution in [2.24, 2.45) is 0 Å². The molecule has 110 valence electrons. The maximum absolute atomic E-state index is 13.2. The summed E-state index contributed by atoms with van der Waals surface area (Å²) in [5.74, 6) is -0.0824. The van der Waals surface area contributed by atoms with Gasteiger partial charge in [-0.05, 0) is 23.8 Å². The maximum atomic E-state index is 13.2. The molecule has 2 aromatic carbocycles. The third-order valence-electron chi connectivity index (χ3n) is 3.51. The monoisotopic (exact) mass is 307 g/mol. The van der Waals surface area contributed by atoms with Crippen LogP contribution in [-0.2, 0) is 9.84 Å². The first-order valence-corrected chi connectivity index (χ1v) is 8.08. The van der Waals surface area contributed by atoms with Crippen molar-refractivity contribution in [3.8, 4) is 5.75 Å². The predicted octanol–water partition coefficient (Wildman–Crippen LogP) is 2.77. The lowest BCUT2D eigenvalue weighted by atomic mass is 10.1. The Morgan fingerprint density at radius 3 is 2.76 bits per heavy atom. The number of rotatable bonds is 3. The van der Waals surface area contributed by atoms with Gasteiger partial charge in [0, 0.05) is 6.07 Å². The van der Waals surface area contributed by atoms with Crippen molar-refractivity contribution in [1.29, 1.82) is 0 Å². The molecule has 0 spiro atoms. The minimum atomic E-state index is -3.28. The molecule has 6 heteroatoms. The highest BCUT2D eigenvalue weighted by molar-refractivity contribution is 7.91. The van der Waals surface area contributed by atoms with Crippen LogP contribution in [-0.4, -0.2) is 21.3 Å². The largest absolute Gasteiger partial charge is 0.494 e. The Morgan fingerprint density at radius 2 is 2.00 bits per heavy atom. The molecule has 1 aliphatic rings. The highest BCUT2D eigenvalue weighted by Gasteiger charge is 2.34. The van der Waals surface area contributed by atoms with Crippen molar-refractivity contribution in [3.63, 3.8) is 0 Å². The van der Waals surface area contributed by atoms with E-state index < -0.39 is 15.7 Å². The summed E-state index contributed by atoms with van der Waals surface area (Å²) in [7, 11) is -1.84. The smallest absolute Gasteiger partial charge is 0.181 e. The molecule has 0 radical (unpaired) electrons. The number of halogens is 1. The van der Waals surface area contributed by atoms with Crippen molar-refractivity contribution in [2.45, 2.75) is 10.9 Å². The first-order chi connectivity index (χ1) is 10.0. The van der Waals surface area contributed by atoms with Gasteiger partial charge in [0.2, 0.25) is 0 Å². The van der Waals surface area contributed by atoms with Crippen LogP contribution in [0.4, 0.5) is 10.1 Å².